The van der Waals surface area contributed by atoms with Crippen molar-refractivity contribution < 1.29 is 10.0 Å². The number of H-pyrrole nitrogens is 1. The highest BCUT2D eigenvalue weighted by molar-refractivity contribution is 5.50. The number of hydrogen-bond acceptors (Lipinski definition) is 6. The molecule has 0 aliphatic heterocycles. The Morgan fingerprint density at radius 2 is 2.00 bits per heavy atom. The number of nitro benzene ring substituents is 1. The van der Waals surface area contributed by atoms with Crippen LogP contribution in [0.15, 0.2) is 35.3 Å². The molecule has 3 rings (SSSR count). The summed E-state index contributed by atoms with van der Waals surface area (Å²) in [5.41, 5.74) is 1.62. The van der Waals surface area contributed by atoms with Crippen LogP contribution in [0.3, 0.4) is 0 Å². The maximum absolute atomic E-state index is 12.4. The molecule has 9 nitrogen and oxygen atoms in total. The summed E-state index contributed by atoms with van der Waals surface area (Å²) in [7, 11) is 3.79. The number of nitrogens with zero attached hydrogens (tertiary/aromatic N) is 4. The minimum atomic E-state index is -0.490. The zero-order valence-electron chi connectivity index (χ0n) is 13.8. The molecule has 3 aromatic rings. The molecule has 0 amide bonds. The minimum absolute atomic E-state index is 0.0299. The summed E-state index contributed by atoms with van der Waals surface area (Å²) < 4.78 is 1.29. The second-order valence-electron chi connectivity index (χ2n) is 6.02. The largest absolute Gasteiger partial charge is 0.493 e. The van der Waals surface area contributed by atoms with E-state index in [4.69, 9.17) is 0 Å². The maximum atomic E-state index is 12.4. The summed E-state index contributed by atoms with van der Waals surface area (Å²) in [6.45, 7) is 0.570. The lowest BCUT2D eigenvalue weighted by Gasteiger charge is -2.09. The molecule has 0 saturated heterocycles. The zero-order valence-corrected chi connectivity index (χ0v) is 13.8. The molecule has 0 fully saturated rings. The normalized spacial score (nSPS) is 11.3. The first-order valence-electron chi connectivity index (χ1n) is 7.55. The minimum Gasteiger partial charge on any atom is -0.493 e. The first kappa shape index (κ1) is 16.7. The third-order valence-electron chi connectivity index (χ3n) is 3.84. The molecular weight excluding hydrogens is 326 g/mol. The molecule has 9 heteroatoms. The van der Waals surface area contributed by atoms with E-state index in [9.17, 15) is 20.0 Å². The molecule has 0 unspecified atom stereocenters. The van der Waals surface area contributed by atoms with Crippen molar-refractivity contribution in [1.29, 1.82) is 0 Å². The van der Waals surface area contributed by atoms with E-state index in [1.807, 2.05) is 19.0 Å². The Kier molecular flexibility index (Phi) is 4.24. The summed E-state index contributed by atoms with van der Waals surface area (Å²) >= 11 is 0. The Morgan fingerprint density at radius 3 is 2.60 bits per heavy atom. The molecular formula is C16H17N5O4. The Morgan fingerprint density at radius 1 is 1.32 bits per heavy atom. The highest BCUT2D eigenvalue weighted by atomic mass is 16.6. The fraction of sp³-hybridized carbons (Fsp3) is 0.250. The van der Waals surface area contributed by atoms with Crippen LogP contribution < -0.4 is 5.56 Å². The lowest BCUT2D eigenvalue weighted by atomic mass is 10.1. The first-order valence-corrected chi connectivity index (χ1v) is 7.55. The molecule has 0 bridgehead atoms. The lowest BCUT2D eigenvalue weighted by molar-refractivity contribution is -0.384. The Hall–Kier alpha value is -3.20. The average molecular weight is 343 g/mol. The third-order valence-corrected chi connectivity index (χ3v) is 3.84. The van der Waals surface area contributed by atoms with Crippen molar-refractivity contribution in [3.63, 3.8) is 0 Å². The van der Waals surface area contributed by atoms with E-state index >= 15 is 0 Å². The Bertz CT molecular complexity index is 988. The van der Waals surface area contributed by atoms with Crippen LogP contribution in [0, 0.1) is 10.1 Å². The molecule has 0 radical (unpaired) electrons. The highest BCUT2D eigenvalue weighted by Gasteiger charge is 2.16. The zero-order chi connectivity index (χ0) is 18.1. The molecule has 0 aliphatic rings. The Labute approximate surface area is 142 Å². The van der Waals surface area contributed by atoms with E-state index in [0.717, 1.165) is 5.56 Å². The fourth-order valence-corrected chi connectivity index (χ4v) is 2.64. The van der Waals surface area contributed by atoms with Gasteiger partial charge in [-0.05, 0) is 19.7 Å². The molecule has 0 atom stereocenters. The number of aromatic hydroxyl groups is 1. The van der Waals surface area contributed by atoms with Gasteiger partial charge >= 0.3 is 0 Å². The average Bonchev–Trinajstić information content (AvgIpc) is 2.94. The molecule has 1 aromatic carbocycles. The van der Waals surface area contributed by atoms with E-state index in [1.165, 1.54) is 16.6 Å². The van der Waals surface area contributed by atoms with Gasteiger partial charge in [0.25, 0.3) is 11.2 Å². The van der Waals surface area contributed by atoms with Gasteiger partial charge in [0, 0.05) is 30.7 Å². The standard InChI is InChI=1S/C16H17N5O4/c1-19(2)9-11-8-17-20-14(11)18-15(22)13(16(20)23)7-10-3-5-12(6-4-10)21(24)25/h3-6,8,23H,7,9H2,1-2H3,(H,18,22). The quantitative estimate of drug-likeness (QED) is 0.532. The number of non-ortho nitro benzene ring substituents is 1. The molecule has 130 valence electrons. The van der Waals surface area contributed by atoms with Gasteiger partial charge in [0.05, 0.1) is 16.7 Å². The van der Waals surface area contributed by atoms with Crippen molar-refractivity contribution in [1.82, 2.24) is 19.5 Å². The van der Waals surface area contributed by atoms with Crippen LogP contribution in [0.1, 0.15) is 16.7 Å². The van der Waals surface area contributed by atoms with E-state index in [0.29, 0.717) is 17.8 Å². The number of hydrogen-bond donors (Lipinski definition) is 2. The predicted octanol–water partition coefficient (Wildman–Crippen LogP) is 1.29. The maximum Gasteiger partial charge on any atom is 0.269 e. The Balaban J connectivity index is 1.99. The number of aromatic nitrogens is 3. The van der Waals surface area contributed by atoms with E-state index in [1.54, 1.807) is 18.3 Å². The monoisotopic (exact) mass is 343 g/mol. The van der Waals surface area contributed by atoms with Gasteiger partial charge in [-0.2, -0.15) is 9.61 Å². The lowest BCUT2D eigenvalue weighted by Crippen LogP contribution is -2.17. The molecule has 2 N–H and O–H groups in total. The van der Waals surface area contributed by atoms with E-state index in [-0.39, 0.29) is 23.6 Å². The summed E-state index contributed by atoms with van der Waals surface area (Å²) in [5, 5.41) is 25.3. The van der Waals surface area contributed by atoms with Crippen molar-refractivity contribution in [2.24, 2.45) is 0 Å². The summed E-state index contributed by atoms with van der Waals surface area (Å²) in [4.78, 5) is 27.3. The van der Waals surface area contributed by atoms with Gasteiger partial charge in [-0.3, -0.25) is 14.9 Å². The van der Waals surface area contributed by atoms with Crippen LogP contribution in [0.2, 0.25) is 0 Å². The number of benzene rings is 1. The van der Waals surface area contributed by atoms with Gasteiger partial charge < -0.3 is 15.0 Å². The molecule has 25 heavy (non-hydrogen) atoms. The number of fused-ring (bicyclic) bond motifs is 1. The van der Waals surface area contributed by atoms with E-state index in [2.05, 4.69) is 10.1 Å². The van der Waals surface area contributed by atoms with Crippen molar-refractivity contribution >= 4 is 11.3 Å². The van der Waals surface area contributed by atoms with Gasteiger partial charge in [-0.15, -0.1) is 0 Å². The van der Waals surface area contributed by atoms with Crippen LogP contribution in [-0.4, -0.2) is 43.6 Å². The van der Waals surface area contributed by atoms with Gasteiger partial charge in [-0.25, -0.2) is 0 Å². The predicted molar refractivity (Wildman–Crippen MR) is 90.8 cm³/mol. The van der Waals surface area contributed by atoms with Crippen LogP contribution >= 0.6 is 0 Å². The topological polar surface area (TPSA) is 117 Å². The molecule has 0 aliphatic carbocycles. The van der Waals surface area contributed by atoms with Crippen molar-refractivity contribution in [2.45, 2.75) is 13.0 Å². The number of nitro groups is 1. The SMILES string of the molecule is CN(C)Cc1cnn2c(O)c(Cc3ccc([N+](=O)[O-])cc3)c(=O)[nH]c12. The third kappa shape index (κ3) is 3.22. The van der Waals surface area contributed by atoms with Crippen LogP contribution in [-0.2, 0) is 13.0 Å². The first-order chi connectivity index (χ1) is 11.9. The highest BCUT2D eigenvalue weighted by Crippen LogP contribution is 2.21. The molecule has 2 aromatic heterocycles. The van der Waals surface area contributed by atoms with Crippen LogP contribution in [0.25, 0.3) is 5.65 Å². The number of aromatic amines is 1. The van der Waals surface area contributed by atoms with Gasteiger partial charge in [0.2, 0.25) is 5.88 Å². The summed E-state index contributed by atoms with van der Waals surface area (Å²) in [6, 6.07) is 5.84. The number of rotatable bonds is 5. The van der Waals surface area contributed by atoms with Gasteiger partial charge in [0.15, 0.2) is 0 Å². The van der Waals surface area contributed by atoms with Gasteiger partial charge in [-0.1, -0.05) is 12.1 Å². The molecule has 2 heterocycles. The fourth-order valence-electron chi connectivity index (χ4n) is 2.64. The summed E-state index contributed by atoms with van der Waals surface area (Å²) in [6.07, 6.45) is 1.73. The van der Waals surface area contributed by atoms with E-state index < -0.39 is 10.5 Å². The van der Waals surface area contributed by atoms with Crippen LogP contribution in [0.4, 0.5) is 5.69 Å². The number of nitrogens with one attached hydrogen (secondary N) is 1. The van der Waals surface area contributed by atoms with Crippen molar-refractivity contribution in [2.75, 3.05) is 14.1 Å². The second kappa shape index (κ2) is 6.36. The van der Waals surface area contributed by atoms with Crippen molar-refractivity contribution in [3.8, 4) is 5.88 Å². The molecule has 0 spiro atoms. The van der Waals surface area contributed by atoms with Gasteiger partial charge in [0.1, 0.15) is 5.65 Å². The summed E-state index contributed by atoms with van der Waals surface area (Å²) in [5.74, 6) is -0.234. The van der Waals surface area contributed by atoms with Crippen LogP contribution in [0.5, 0.6) is 5.88 Å². The second-order valence-corrected chi connectivity index (χ2v) is 6.02. The molecule has 0 saturated carbocycles. The smallest absolute Gasteiger partial charge is 0.269 e. The van der Waals surface area contributed by atoms with Crippen molar-refractivity contribution in [3.05, 3.63) is 67.6 Å².